The second-order valence-corrected chi connectivity index (χ2v) is 4.10. The number of H-pyrrole nitrogens is 1. The Hall–Kier alpha value is -2.28. The zero-order chi connectivity index (χ0) is 13.8. The molecule has 0 saturated heterocycles. The molecule has 0 atom stereocenters. The molecule has 19 heavy (non-hydrogen) atoms. The lowest BCUT2D eigenvalue weighted by Crippen LogP contribution is -2.22. The van der Waals surface area contributed by atoms with Crippen LogP contribution in [0.3, 0.4) is 0 Å². The minimum absolute atomic E-state index is 0.141. The normalized spacial score (nSPS) is 10.8. The number of aromatic amines is 1. The minimum atomic E-state index is -0.352. The van der Waals surface area contributed by atoms with Crippen LogP contribution in [0.1, 0.15) is 11.3 Å². The van der Waals surface area contributed by atoms with Crippen LogP contribution in [0.25, 0.3) is 0 Å². The van der Waals surface area contributed by atoms with E-state index in [1.807, 2.05) is 24.3 Å². The van der Waals surface area contributed by atoms with Gasteiger partial charge in [0.1, 0.15) is 11.4 Å². The predicted octanol–water partition coefficient (Wildman–Crippen LogP) is 1.50. The summed E-state index contributed by atoms with van der Waals surface area (Å²) in [6.45, 7) is 1.59. The number of methoxy groups -OCH3 is 1. The third-order valence-electron chi connectivity index (χ3n) is 2.46. The van der Waals surface area contributed by atoms with Crippen LogP contribution in [-0.4, -0.2) is 28.2 Å². The Bertz CT molecular complexity index is 733. The molecule has 1 heterocycles. The van der Waals surface area contributed by atoms with E-state index in [1.54, 1.807) is 14.0 Å². The van der Waals surface area contributed by atoms with E-state index in [0.717, 1.165) is 10.2 Å². The van der Waals surface area contributed by atoms with Crippen LogP contribution < -0.4 is 10.3 Å². The van der Waals surface area contributed by atoms with Crippen LogP contribution in [0.2, 0.25) is 0 Å². The molecule has 0 bridgehead atoms. The summed E-state index contributed by atoms with van der Waals surface area (Å²) in [6, 6.07) is 7.34. The summed E-state index contributed by atoms with van der Waals surface area (Å²) < 4.78 is 6.42. The van der Waals surface area contributed by atoms with E-state index in [-0.39, 0.29) is 10.3 Å². The summed E-state index contributed by atoms with van der Waals surface area (Å²) in [5.41, 5.74) is 0.696. The minimum Gasteiger partial charge on any atom is -0.496 e. The highest BCUT2D eigenvalue weighted by molar-refractivity contribution is 7.71. The van der Waals surface area contributed by atoms with E-state index in [9.17, 15) is 4.79 Å². The van der Waals surface area contributed by atoms with Gasteiger partial charge < -0.3 is 4.74 Å². The van der Waals surface area contributed by atoms with Gasteiger partial charge in [0.2, 0.25) is 4.77 Å². The second-order valence-electron chi connectivity index (χ2n) is 3.72. The molecule has 0 amide bonds. The number of hydrogen-bond donors (Lipinski definition) is 1. The molecule has 0 spiro atoms. The van der Waals surface area contributed by atoms with E-state index in [1.165, 1.54) is 6.21 Å². The molecule has 98 valence electrons. The van der Waals surface area contributed by atoms with Gasteiger partial charge in [0.25, 0.3) is 5.56 Å². The largest absolute Gasteiger partial charge is 0.496 e. The van der Waals surface area contributed by atoms with E-state index in [4.69, 9.17) is 17.0 Å². The summed E-state index contributed by atoms with van der Waals surface area (Å²) in [5, 5.41) is 10.4. The Labute approximate surface area is 114 Å². The number of ether oxygens (including phenoxy) is 1. The van der Waals surface area contributed by atoms with Crippen molar-refractivity contribution in [3.05, 3.63) is 50.6 Å². The number of para-hydroxylation sites is 1. The van der Waals surface area contributed by atoms with Crippen molar-refractivity contribution in [1.29, 1.82) is 0 Å². The van der Waals surface area contributed by atoms with Gasteiger partial charge in [-0.25, -0.2) is 0 Å². The van der Waals surface area contributed by atoms with Crippen molar-refractivity contribution in [1.82, 2.24) is 14.9 Å². The summed E-state index contributed by atoms with van der Waals surface area (Å²) in [4.78, 5) is 11.8. The average Bonchev–Trinajstić information content (AvgIpc) is 2.43. The zero-order valence-corrected chi connectivity index (χ0v) is 11.3. The third kappa shape index (κ3) is 2.76. The van der Waals surface area contributed by atoms with Gasteiger partial charge in [-0.15, -0.1) is 0 Å². The van der Waals surface area contributed by atoms with E-state index in [0.29, 0.717) is 11.4 Å². The predicted molar refractivity (Wildman–Crippen MR) is 74.4 cm³/mol. The van der Waals surface area contributed by atoms with Crippen molar-refractivity contribution in [2.75, 3.05) is 7.11 Å². The van der Waals surface area contributed by atoms with E-state index < -0.39 is 0 Å². The molecule has 2 aromatic rings. The second kappa shape index (κ2) is 5.57. The third-order valence-corrected chi connectivity index (χ3v) is 2.73. The van der Waals surface area contributed by atoms with Gasteiger partial charge in [-0.3, -0.25) is 9.89 Å². The molecule has 0 aliphatic carbocycles. The quantitative estimate of drug-likeness (QED) is 0.681. The maximum atomic E-state index is 11.8. The fourth-order valence-corrected chi connectivity index (χ4v) is 1.65. The van der Waals surface area contributed by atoms with Crippen LogP contribution in [0.15, 0.2) is 34.2 Å². The van der Waals surface area contributed by atoms with Crippen molar-refractivity contribution in [3.63, 3.8) is 0 Å². The average molecular weight is 276 g/mol. The van der Waals surface area contributed by atoms with Gasteiger partial charge in [0, 0.05) is 5.56 Å². The van der Waals surface area contributed by atoms with Gasteiger partial charge >= 0.3 is 0 Å². The maximum absolute atomic E-state index is 11.8. The molecule has 6 nitrogen and oxygen atoms in total. The Morgan fingerprint density at radius 3 is 2.95 bits per heavy atom. The van der Waals surface area contributed by atoms with Gasteiger partial charge in [-0.05, 0) is 31.3 Å². The maximum Gasteiger partial charge on any atom is 0.296 e. The molecule has 0 fully saturated rings. The van der Waals surface area contributed by atoms with Crippen LogP contribution in [0.5, 0.6) is 5.75 Å². The number of hydrogen-bond acceptors (Lipinski definition) is 5. The molecule has 0 radical (unpaired) electrons. The molecule has 0 unspecified atom stereocenters. The Morgan fingerprint density at radius 2 is 2.21 bits per heavy atom. The summed E-state index contributed by atoms with van der Waals surface area (Å²) in [5.74, 6) is 0.667. The van der Waals surface area contributed by atoms with Crippen molar-refractivity contribution in [3.8, 4) is 5.75 Å². The molecular weight excluding hydrogens is 264 g/mol. The van der Waals surface area contributed by atoms with Crippen molar-refractivity contribution < 1.29 is 4.74 Å². The van der Waals surface area contributed by atoms with Crippen LogP contribution in [-0.2, 0) is 0 Å². The Kier molecular flexibility index (Phi) is 3.86. The first-order valence-corrected chi connectivity index (χ1v) is 5.90. The first-order chi connectivity index (χ1) is 9.13. The summed E-state index contributed by atoms with van der Waals surface area (Å²) in [6.07, 6.45) is 1.52. The Balaban J connectivity index is 2.47. The Morgan fingerprint density at radius 1 is 1.47 bits per heavy atom. The first kappa shape index (κ1) is 13.2. The molecule has 0 aliphatic rings. The van der Waals surface area contributed by atoms with Gasteiger partial charge in [0.15, 0.2) is 0 Å². The van der Waals surface area contributed by atoms with Crippen LogP contribution in [0.4, 0.5) is 0 Å². The standard InChI is InChI=1S/C12H12N4O2S/c1-8-11(17)16(12(19)15-14-8)13-7-9-5-3-4-6-10(9)18-2/h3-7H,1-2H3,(H,15,19)/b13-7+. The fraction of sp³-hybridized carbons (Fsp3) is 0.167. The van der Waals surface area contributed by atoms with Gasteiger partial charge in [-0.2, -0.15) is 14.9 Å². The van der Waals surface area contributed by atoms with Gasteiger partial charge in [0.05, 0.1) is 13.3 Å². The SMILES string of the molecule is COc1ccccc1/C=N/n1c(=S)[nH]nc(C)c1=O. The molecule has 1 aromatic heterocycles. The van der Waals surface area contributed by atoms with Crippen molar-refractivity contribution in [2.24, 2.45) is 5.10 Å². The monoisotopic (exact) mass is 276 g/mol. The lowest BCUT2D eigenvalue weighted by atomic mass is 10.2. The molecule has 1 N–H and O–H groups in total. The lowest BCUT2D eigenvalue weighted by molar-refractivity contribution is 0.414. The van der Waals surface area contributed by atoms with Crippen LogP contribution >= 0.6 is 12.2 Å². The highest BCUT2D eigenvalue weighted by Crippen LogP contribution is 2.14. The number of aromatic nitrogens is 3. The van der Waals surface area contributed by atoms with Crippen LogP contribution in [0, 0.1) is 11.7 Å². The van der Waals surface area contributed by atoms with Gasteiger partial charge in [-0.1, -0.05) is 12.1 Å². The molecule has 0 aliphatic heterocycles. The van der Waals surface area contributed by atoms with E-state index >= 15 is 0 Å². The van der Waals surface area contributed by atoms with Crippen molar-refractivity contribution in [2.45, 2.75) is 6.92 Å². The molecule has 1 aromatic carbocycles. The number of benzene rings is 1. The van der Waals surface area contributed by atoms with E-state index in [2.05, 4.69) is 15.3 Å². The molecule has 7 heteroatoms. The topological polar surface area (TPSA) is 72.3 Å². The first-order valence-electron chi connectivity index (χ1n) is 5.49. The zero-order valence-electron chi connectivity index (χ0n) is 10.5. The number of rotatable bonds is 3. The number of nitrogens with zero attached hydrogens (tertiary/aromatic N) is 3. The summed E-state index contributed by atoms with van der Waals surface area (Å²) in [7, 11) is 1.57. The number of nitrogens with one attached hydrogen (secondary N) is 1. The molecule has 0 saturated carbocycles. The highest BCUT2D eigenvalue weighted by Gasteiger charge is 2.02. The summed E-state index contributed by atoms with van der Waals surface area (Å²) >= 11 is 4.98. The van der Waals surface area contributed by atoms with Crippen molar-refractivity contribution >= 4 is 18.4 Å². The molecular formula is C12H12N4O2S. The fourth-order valence-electron chi connectivity index (χ4n) is 1.47. The smallest absolute Gasteiger partial charge is 0.296 e. The highest BCUT2D eigenvalue weighted by atomic mass is 32.1. The molecule has 2 rings (SSSR count). The lowest BCUT2D eigenvalue weighted by Gasteiger charge is -2.03. The number of aryl methyl sites for hydroxylation is 1.